The molecule has 0 aliphatic carbocycles. The summed E-state index contributed by atoms with van der Waals surface area (Å²) in [7, 11) is 4.07. The first kappa shape index (κ1) is 14.7. The highest BCUT2D eigenvalue weighted by Gasteiger charge is 2.16. The van der Waals surface area contributed by atoms with Gasteiger partial charge in [-0.1, -0.05) is 0 Å². The summed E-state index contributed by atoms with van der Waals surface area (Å²) >= 11 is 0. The summed E-state index contributed by atoms with van der Waals surface area (Å²) in [6, 6.07) is 0. The number of hydrogen-bond acceptors (Lipinski definition) is 4. The molecule has 1 rings (SSSR count). The lowest BCUT2D eigenvalue weighted by Crippen LogP contribution is -2.35. The molecule has 0 unspecified atom stereocenters. The molecule has 18 heavy (non-hydrogen) atoms. The number of nitrogens with one attached hydrogen (secondary N) is 1. The molecule has 0 radical (unpaired) electrons. The fraction of sp³-hybridized carbons (Fsp3) is 0.692. The van der Waals surface area contributed by atoms with Crippen LogP contribution in [0.1, 0.15) is 27.2 Å². The van der Waals surface area contributed by atoms with Gasteiger partial charge in [-0.3, -0.25) is 4.79 Å². The van der Waals surface area contributed by atoms with E-state index in [1.54, 1.807) is 17.0 Å². The van der Waals surface area contributed by atoms with Gasteiger partial charge in [0, 0.05) is 24.5 Å². The highest BCUT2D eigenvalue weighted by molar-refractivity contribution is 5.30. The monoisotopic (exact) mass is 252 g/mol. The lowest BCUT2D eigenvalue weighted by Gasteiger charge is -2.22. The third kappa shape index (κ3) is 4.14. The smallest absolute Gasteiger partial charge is 0.293 e. The summed E-state index contributed by atoms with van der Waals surface area (Å²) in [6.45, 7) is 7.76. The molecular formula is C13H24N4O. The third-order valence-corrected chi connectivity index (χ3v) is 2.64. The van der Waals surface area contributed by atoms with E-state index in [4.69, 9.17) is 0 Å². The highest BCUT2D eigenvalue weighted by atomic mass is 16.1. The van der Waals surface area contributed by atoms with Crippen molar-refractivity contribution in [3.8, 4) is 0 Å². The second-order valence-electron chi connectivity index (χ2n) is 5.71. The molecule has 0 atom stereocenters. The van der Waals surface area contributed by atoms with Gasteiger partial charge >= 0.3 is 0 Å². The highest BCUT2D eigenvalue weighted by Crippen LogP contribution is 2.10. The lowest BCUT2D eigenvalue weighted by molar-refractivity contribution is 0.383. The quantitative estimate of drug-likeness (QED) is 0.804. The molecule has 0 aromatic carbocycles. The summed E-state index contributed by atoms with van der Waals surface area (Å²) < 4.78 is 1.70. The normalized spacial score (nSPS) is 11.9. The number of rotatable bonds is 5. The first-order valence-electron chi connectivity index (χ1n) is 6.29. The van der Waals surface area contributed by atoms with Crippen molar-refractivity contribution in [2.24, 2.45) is 0 Å². The van der Waals surface area contributed by atoms with Crippen LogP contribution in [0.4, 0.5) is 5.82 Å². The third-order valence-electron chi connectivity index (χ3n) is 2.64. The van der Waals surface area contributed by atoms with Gasteiger partial charge in [-0.15, -0.1) is 0 Å². The average Bonchev–Trinajstić information content (AvgIpc) is 2.24. The molecule has 0 aliphatic heterocycles. The van der Waals surface area contributed by atoms with Crippen LogP contribution in [-0.4, -0.2) is 41.6 Å². The fourth-order valence-corrected chi connectivity index (χ4v) is 1.66. The molecule has 102 valence electrons. The molecule has 0 bridgehead atoms. The van der Waals surface area contributed by atoms with Crippen LogP contribution in [-0.2, 0) is 5.54 Å². The first-order valence-corrected chi connectivity index (χ1v) is 6.29. The second-order valence-corrected chi connectivity index (χ2v) is 5.71. The molecule has 1 aromatic heterocycles. The first-order chi connectivity index (χ1) is 8.32. The van der Waals surface area contributed by atoms with Crippen molar-refractivity contribution in [3.05, 3.63) is 22.7 Å². The van der Waals surface area contributed by atoms with Crippen molar-refractivity contribution >= 4 is 5.82 Å². The Labute approximate surface area is 109 Å². The van der Waals surface area contributed by atoms with E-state index in [0.717, 1.165) is 19.5 Å². The molecule has 5 heteroatoms. The molecule has 0 spiro atoms. The van der Waals surface area contributed by atoms with Gasteiger partial charge in [0.05, 0.1) is 0 Å². The van der Waals surface area contributed by atoms with Gasteiger partial charge in [0.2, 0.25) is 0 Å². The zero-order valence-corrected chi connectivity index (χ0v) is 12.0. The van der Waals surface area contributed by atoms with Gasteiger partial charge in [-0.2, -0.15) is 0 Å². The fourth-order valence-electron chi connectivity index (χ4n) is 1.66. The molecule has 1 heterocycles. The molecular weight excluding hydrogens is 228 g/mol. The number of nitrogens with zero attached hydrogens (tertiary/aromatic N) is 3. The molecule has 1 N–H and O–H groups in total. The van der Waals surface area contributed by atoms with Crippen LogP contribution in [0.3, 0.4) is 0 Å². The van der Waals surface area contributed by atoms with E-state index >= 15 is 0 Å². The maximum Gasteiger partial charge on any atom is 0.293 e. The summed E-state index contributed by atoms with van der Waals surface area (Å²) in [5.41, 5.74) is -0.282. The Morgan fingerprint density at radius 1 is 1.39 bits per heavy atom. The van der Waals surface area contributed by atoms with Gasteiger partial charge in [-0.25, -0.2) is 4.98 Å². The molecule has 0 saturated carbocycles. The van der Waals surface area contributed by atoms with Gasteiger partial charge in [0.25, 0.3) is 5.56 Å². The van der Waals surface area contributed by atoms with Crippen molar-refractivity contribution in [1.82, 2.24) is 14.5 Å². The molecule has 5 nitrogen and oxygen atoms in total. The molecule has 0 fully saturated rings. The van der Waals surface area contributed by atoms with Gasteiger partial charge in [-0.05, 0) is 47.8 Å². The van der Waals surface area contributed by atoms with Crippen molar-refractivity contribution in [2.45, 2.75) is 32.7 Å². The van der Waals surface area contributed by atoms with E-state index in [9.17, 15) is 4.79 Å². The maximum atomic E-state index is 12.2. The van der Waals surface area contributed by atoms with Gasteiger partial charge in [0.15, 0.2) is 5.82 Å². The zero-order chi connectivity index (χ0) is 13.8. The van der Waals surface area contributed by atoms with E-state index in [-0.39, 0.29) is 11.1 Å². The Hall–Kier alpha value is -1.36. The van der Waals surface area contributed by atoms with Gasteiger partial charge in [0.1, 0.15) is 0 Å². The topological polar surface area (TPSA) is 50.2 Å². The van der Waals surface area contributed by atoms with Crippen molar-refractivity contribution < 1.29 is 0 Å². The van der Waals surface area contributed by atoms with Crippen LogP contribution < -0.4 is 10.9 Å². The van der Waals surface area contributed by atoms with Crippen LogP contribution in [0.5, 0.6) is 0 Å². The van der Waals surface area contributed by atoms with Crippen molar-refractivity contribution in [3.63, 3.8) is 0 Å². The Morgan fingerprint density at radius 2 is 2.06 bits per heavy atom. The van der Waals surface area contributed by atoms with Gasteiger partial charge < -0.3 is 14.8 Å². The molecule has 0 aliphatic rings. The average molecular weight is 252 g/mol. The minimum atomic E-state index is -0.222. The number of aromatic nitrogens is 2. The summed E-state index contributed by atoms with van der Waals surface area (Å²) in [6.07, 6.45) is 4.38. The predicted octanol–water partition coefficient (Wildman–Crippen LogP) is 1.36. The zero-order valence-electron chi connectivity index (χ0n) is 12.0. The largest absolute Gasteiger partial charge is 0.365 e. The predicted molar refractivity (Wildman–Crippen MR) is 75.2 cm³/mol. The van der Waals surface area contributed by atoms with Crippen LogP contribution in [0.2, 0.25) is 0 Å². The lowest BCUT2D eigenvalue weighted by atomic mass is 10.1. The van der Waals surface area contributed by atoms with E-state index in [2.05, 4.69) is 15.2 Å². The summed E-state index contributed by atoms with van der Waals surface area (Å²) in [5, 5.41) is 3.11. The van der Waals surface area contributed by atoms with E-state index in [1.165, 1.54) is 0 Å². The Kier molecular flexibility index (Phi) is 4.90. The van der Waals surface area contributed by atoms with Crippen LogP contribution in [0.25, 0.3) is 0 Å². The molecule has 0 saturated heterocycles. The van der Waals surface area contributed by atoms with E-state index in [1.807, 2.05) is 34.9 Å². The maximum absolute atomic E-state index is 12.2. The van der Waals surface area contributed by atoms with Crippen LogP contribution in [0.15, 0.2) is 17.2 Å². The van der Waals surface area contributed by atoms with Crippen LogP contribution in [0, 0.1) is 0 Å². The molecule has 0 amide bonds. The summed E-state index contributed by atoms with van der Waals surface area (Å²) in [4.78, 5) is 18.4. The van der Waals surface area contributed by atoms with Crippen LogP contribution >= 0.6 is 0 Å². The summed E-state index contributed by atoms with van der Waals surface area (Å²) in [5.74, 6) is 0.436. The number of anilines is 1. The standard InChI is InChI=1S/C13H24N4O/c1-13(2,3)17-10-8-15-11(12(17)18)14-7-6-9-16(4)5/h8,10H,6-7,9H2,1-5H3,(H,14,15). The van der Waals surface area contributed by atoms with Crippen molar-refractivity contribution in [2.75, 3.05) is 32.5 Å². The Bertz CT molecular complexity index is 431. The second kappa shape index (κ2) is 6.00. The van der Waals surface area contributed by atoms with E-state index < -0.39 is 0 Å². The minimum Gasteiger partial charge on any atom is -0.365 e. The van der Waals surface area contributed by atoms with Crippen molar-refractivity contribution in [1.29, 1.82) is 0 Å². The Morgan fingerprint density at radius 3 is 2.61 bits per heavy atom. The number of hydrogen-bond donors (Lipinski definition) is 1. The molecule has 1 aromatic rings. The SMILES string of the molecule is CN(C)CCCNc1nccn(C(C)(C)C)c1=O. The minimum absolute atomic E-state index is 0.0603. The Balaban J connectivity index is 2.71. The van der Waals surface area contributed by atoms with E-state index in [0.29, 0.717) is 5.82 Å².